The molecule has 2 fully saturated rings. The molecule has 0 radical (unpaired) electrons. The molecule has 0 amide bonds. The molecule has 2 aromatic heterocycles. The molecule has 36 heavy (non-hydrogen) atoms. The first-order chi connectivity index (χ1) is 17.7. The molecule has 2 aromatic carbocycles. The Hall–Kier alpha value is -3.36. The lowest BCUT2D eigenvalue weighted by Gasteiger charge is -2.40. The summed E-state index contributed by atoms with van der Waals surface area (Å²) in [6.45, 7) is 4.16. The maximum absolute atomic E-state index is 9.80. The molecule has 4 aromatic rings. The Bertz CT molecular complexity index is 1340. The number of aryl methyl sites for hydroxylation is 1. The number of aliphatic hydroxyl groups is 1. The van der Waals surface area contributed by atoms with Crippen LogP contribution in [-0.4, -0.2) is 66.2 Å². The summed E-state index contributed by atoms with van der Waals surface area (Å²) in [5.74, 6) is 1.34. The molecular formula is C28H33N7O. The number of hydrogen-bond acceptors (Lipinski definition) is 7. The number of aromatic nitrogens is 5. The number of nitrogens with zero attached hydrogens (tertiary/aromatic N) is 6. The Kier molecular flexibility index (Phi) is 6.37. The summed E-state index contributed by atoms with van der Waals surface area (Å²) in [6, 6.07) is 17.4. The van der Waals surface area contributed by atoms with Crippen molar-refractivity contribution in [3.05, 3.63) is 60.3 Å². The van der Waals surface area contributed by atoms with Gasteiger partial charge in [-0.2, -0.15) is 9.67 Å². The first kappa shape index (κ1) is 23.1. The van der Waals surface area contributed by atoms with E-state index in [4.69, 9.17) is 4.98 Å². The Balaban J connectivity index is 1.17. The summed E-state index contributed by atoms with van der Waals surface area (Å²) in [7, 11) is 0. The van der Waals surface area contributed by atoms with E-state index in [9.17, 15) is 5.11 Å². The molecule has 8 nitrogen and oxygen atoms in total. The smallest absolute Gasteiger partial charge is 0.224 e. The second-order valence-electron chi connectivity index (χ2n) is 10.1. The molecule has 6 rings (SSSR count). The van der Waals surface area contributed by atoms with Crippen molar-refractivity contribution in [2.75, 3.05) is 18.4 Å². The third kappa shape index (κ3) is 4.58. The zero-order chi connectivity index (χ0) is 24.5. The first-order valence-corrected chi connectivity index (χ1v) is 13.1. The lowest BCUT2D eigenvalue weighted by Crippen LogP contribution is -2.45. The Labute approximate surface area is 211 Å². The molecule has 0 bridgehead atoms. The number of likely N-dealkylation sites (tertiary alicyclic amines) is 1. The number of nitrogens with one attached hydrogen (secondary N) is 1. The van der Waals surface area contributed by atoms with E-state index in [0.29, 0.717) is 23.8 Å². The van der Waals surface area contributed by atoms with Crippen LogP contribution < -0.4 is 5.32 Å². The molecule has 2 N–H and O–H groups in total. The highest BCUT2D eigenvalue weighted by molar-refractivity contribution is 5.93. The van der Waals surface area contributed by atoms with Gasteiger partial charge in [0.2, 0.25) is 5.95 Å². The molecule has 1 aliphatic carbocycles. The minimum absolute atomic E-state index is 0.111. The molecule has 0 atom stereocenters. The van der Waals surface area contributed by atoms with Crippen molar-refractivity contribution >= 4 is 17.0 Å². The van der Waals surface area contributed by atoms with Crippen molar-refractivity contribution < 1.29 is 5.11 Å². The third-order valence-corrected chi connectivity index (χ3v) is 7.82. The van der Waals surface area contributed by atoms with E-state index in [1.165, 1.54) is 18.4 Å². The number of rotatable bonds is 5. The highest BCUT2D eigenvalue weighted by Gasteiger charge is 2.28. The van der Waals surface area contributed by atoms with Gasteiger partial charge in [0.25, 0.3) is 0 Å². The average Bonchev–Trinajstić information content (AvgIpc) is 3.35. The van der Waals surface area contributed by atoms with E-state index in [0.717, 1.165) is 60.9 Å². The van der Waals surface area contributed by atoms with Crippen molar-refractivity contribution in [1.82, 2.24) is 29.9 Å². The van der Waals surface area contributed by atoms with E-state index in [2.05, 4.69) is 62.8 Å². The van der Waals surface area contributed by atoms with Gasteiger partial charge >= 0.3 is 0 Å². The summed E-state index contributed by atoms with van der Waals surface area (Å²) in [5, 5.41) is 22.3. The van der Waals surface area contributed by atoms with Crippen LogP contribution in [0.3, 0.4) is 0 Å². The van der Waals surface area contributed by atoms with Crippen LogP contribution in [0.15, 0.2) is 54.7 Å². The molecule has 2 aliphatic rings. The minimum atomic E-state index is -0.111. The van der Waals surface area contributed by atoms with Crippen LogP contribution in [0, 0.1) is 6.92 Å². The van der Waals surface area contributed by atoms with Gasteiger partial charge in [-0.25, -0.2) is 4.98 Å². The lowest BCUT2D eigenvalue weighted by atomic mass is 9.89. The topological polar surface area (TPSA) is 92.0 Å². The second kappa shape index (κ2) is 9.95. The highest BCUT2D eigenvalue weighted by Crippen LogP contribution is 2.31. The van der Waals surface area contributed by atoms with Crippen molar-refractivity contribution in [2.45, 2.75) is 63.6 Å². The quantitative estimate of drug-likeness (QED) is 0.436. The largest absolute Gasteiger partial charge is 0.393 e. The van der Waals surface area contributed by atoms with Crippen molar-refractivity contribution in [1.29, 1.82) is 0 Å². The maximum Gasteiger partial charge on any atom is 0.224 e. The summed E-state index contributed by atoms with van der Waals surface area (Å²) < 4.78 is 1.80. The molecule has 1 saturated carbocycles. The van der Waals surface area contributed by atoms with E-state index in [-0.39, 0.29) is 6.10 Å². The molecule has 8 heteroatoms. The zero-order valence-electron chi connectivity index (χ0n) is 20.7. The fraction of sp³-hybridized carbons (Fsp3) is 0.429. The predicted octanol–water partition coefficient (Wildman–Crippen LogP) is 4.37. The van der Waals surface area contributed by atoms with E-state index >= 15 is 0 Å². The number of anilines is 1. The molecule has 1 saturated heterocycles. The van der Waals surface area contributed by atoms with Crippen LogP contribution in [0.2, 0.25) is 0 Å². The average molecular weight is 484 g/mol. The van der Waals surface area contributed by atoms with Crippen LogP contribution in [0.1, 0.15) is 44.1 Å². The van der Waals surface area contributed by atoms with Gasteiger partial charge in [-0.1, -0.05) is 41.6 Å². The molecule has 0 unspecified atom stereocenters. The summed E-state index contributed by atoms with van der Waals surface area (Å²) >= 11 is 0. The van der Waals surface area contributed by atoms with Crippen LogP contribution in [-0.2, 0) is 0 Å². The summed E-state index contributed by atoms with van der Waals surface area (Å²) in [4.78, 5) is 11.9. The van der Waals surface area contributed by atoms with Crippen LogP contribution in [0.25, 0.3) is 28.0 Å². The number of hydrogen-bond donors (Lipinski definition) is 2. The van der Waals surface area contributed by atoms with Crippen LogP contribution in [0.5, 0.6) is 0 Å². The van der Waals surface area contributed by atoms with Gasteiger partial charge < -0.3 is 15.3 Å². The van der Waals surface area contributed by atoms with Crippen LogP contribution in [0.4, 0.5) is 5.95 Å². The zero-order valence-corrected chi connectivity index (χ0v) is 20.7. The van der Waals surface area contributed by atoms with E-state index < -0.39 is 0 Å². The summed E-state index contributed by atoms with van der Waals surface area (Å²) in [5.41, 5.74) is 5.23. The van der Waals surface area contributed by atoms with Gasteiger partial charge in [-0.3, -0.25) is 0 Å². The van der Waals surface area contributed by atoms with Crippen molar-refractivity contribution in [2.24, 2.45) is 0 Å². The minimum Gasteiger partial charge on any atom is -0.393 e. The van der Waals surface area contributed by atoms with Gasteiger partial charge in [0, 0.05) is 43.0 Å². The fourth-order valence-electron chi connectivity index (χ4n) is 5.76. The van der Waals surface area contributed by atoms with Gasteiger partial charge in [-0.15, -0.1) is 5.10 Å². The Morgan fingerprint density at radius 3 is 2.47 bits per heavy atom. The monoisotopic (exact) mass is 483 g/mol. The first-order valence-electron chi connectivity index (χ1n) is 13.1. The van der Waals surface area contributed by atoms with Crippen molar-refractivity contribution in [3.8, 4) is 16.9 Å². The predicted molar refractivity (Wildman–Crippen MR) is 141 cm³/mol. The molecular weight excluding hydrogens is 450 g/mol. The molecule has 3 heterocycles. The number of aliphatic hydroxyl groups excluding tert-OH is 1. The second-order valence-corrected chi connectivity index (χ2v) is 10.1. The van der Waals surface area contributed by atoms with E-state index in [1.807, 2.05) is 18.2 Å². The van der Waals surface area contributed by atoms with Crippen LogP contribution >= 0.6 is 0 Å². The van der Waals surface area contributed by atoms with Gasteiger partial charge in [0.05, 0.1) is 11.6 Å². The standard InChI is InChI=1S/C28H33N7O/c1-19-5-2-3-6-23(19)24-7-4-8-25-27(24)32-33-35(25)26-13-16-29-28(31-26)30-20-9-11-21(12-10-20)34-17-14-22(36)15-18-34/h2-8,13,16,20-22,36H,9-12,14-15,17-18H2,1H3,(H,29,30,31). The van der Waals surface area contributed by atoms with Crippen molar-refractivity contribution in [3.63, 3.8) is 0 Å². The summed E-state index contributed by atoms with van der Waals surface area (Å²) in [6.07, 6.45) is 8.02. The molecule has 186 valence electrons. The number of fused-ring (bicyclic) bond motifs is 1. The molecule has 1 aliphatic heterocycles. The highest BCUT2D eigenvalue weighted by atomic mass is 16.3. The maximum atomic E-state index is 9.80. The lowest BCUT2D eigenvalue weighted by molar-refractivity contribution is 0.0495. The van der Waals surface area contributed by atoms with E-state index in [1.54, 1.807) is 10.9 Å². The normalized spacial score (nSPS) is 21.6. The molecule has 0 spiro atoms. The number of piperidine rings is 1. The fourth-order valence-corrected chi connectivity index (χ4v) is 5.76. The Morgan fingerprint density at radius 2 is 1.67 bits per heavy atom. The van der Waals surface area contributed by atoms with Gasteiger partial charge in [0.15, 0.2) is 5.82 Å². The van der Waals surface area contributed by atoms with Gasteiger partial charge in [0.1, 0.15) is 5.52 Å². The number of benzene rings is 2. The third-order valence-electron chi connectivity index (χ3n) is 7.82. The Morgan fingerprint density at radius 1 is 0.889 bits per heavy atom. The van der Waals surface area contributed by atoms with Gasteiger partial charge in [-0.05, 0) is 62.6 Å². The SMILES string of the molecule is Cc1ccccc1-c1cccc2c1nnn2-c1ccnc(NC2CCC(N3CCC(O)CC3)CC2)n1.